The number of ether oxygens (including phenoxy) is 1. The van der Waals surface area contributed by atoms with Crippen molar-refractivity contribution in [3.05, 3.63) is 64.2 Å². The molecule has 0 aromatic heterocycles. The zero-order valence-electron chi connectivity index (χ0n) is 12.8. The van der Waals surface area contributed by atoms with Crippen molar-refractivity contribution in [3.63, 3.8) is 0 Å². The Hall–Kier alpha value is -3.42. The van der Waals surface area contributed by atoms with Crippen molar-refractivity contribution in [1.82, 2.24) is 5.32 Å². The van der Waals surface area contributed by atoms with E-state index in [9.17, 15) is 19.7 Å². The summed E-state index contributed by atoms with van der Waals surface area (Å²) >= 11 is 0. The number of rotatable bonds is 6. The van der Waals surface area contributed by atoms with Gasteiger partial charge in [-0.2, -0.15) is 0 Å². The molecule has 0 unspecified atom stereocenters. The average molecular weight is 329 g/mol. The average Bonchev–Trinajstić information content (AvgIpc) is 2.60. The van der Waals surface area contributed by atoms with Crippen LogP contribution in [0.4, 0.5) is 17.1 Å². The Labute approximate surface area is 137 Å². The molecule has 0 aliphatic heterocycles. The highest BCUT2D eigenvalue weighted by Crippen LogP contribution is 2.26. The first-order chi connectivity index (χ1) is 11.5. The lowest BCUT2D eigenvalue weighted by atomic mass is 10.2. The molecular formula is C16H15N3O5. The number of nitro groups is 1. The van der Waals surface area contributed by atoms with Crippen LogP contribution >= 0.6 is 0 Å². The van der Waals surface area contributed by atoms with E-state index in [0.717, 1.165) is 0 Å². The van der Waals surface area contributed by atoms with Gasteiger partial charge in [0.15, 0.2) is 0 Å². The van der Waals surface area contributed by atoms with Crippen molar-refractivity contribution < 1.29 is 19.2 Å². The lowest BCUT2D eigenvalue weighted by molar-refractivity contribution is -0.383. The standard InChI is InChI=1S/C16H15N3O5/c1-24-15(20)10-17-16(21)11-6-8-12(9-7-11)18-13-4-2-3-5-14(13)19(22)23/h2-9,18H,10H2,1H3,(H,17,21). The van der Waals surface area contributed by atoms with Crippen LogP contribution in [0.1, 0.15) is 10.4 Å². The Balaban J connectivity index is 2.06. The fourth-order valence-electron chi connectivity index (χ4n) is 1.93. The van der Waals surface area contributed by atoms with Gasteiger partial charge in [0.05, 0.1) is 12.0 Å². The summed E-state index contributed by atoms with van der Waals surface area (Å²) in [6, 6.07) is 12.6. The predicted molar refractivity (Wildman–Crippen MR) is 87.2 cm³/mol. The highest BCUT2D eigenvalue weighted by Gasteiger charge is 2.13. The SMILES string of the molecule is COC(=O)CNC(=O)c1ccc(Nc2ccccc2[N+](=O)[O-])cc1. The molecule has 24 heavy (non-hydrogen) atoms. The summed E-state index contributed by atoms with van der Waals surface area (Å²) in [5, 5.41) is 16.3. The quantitative estimate of drug-likeness (QED) is 0.478. The number of carbonyl (C=O) groups excluding carboxylic acids is 2. The molecule has 124 valence electrons. The maximum absolute atomic E-state index is 11.8. The fraction of sp³-hybridized carbons (Fsp3) is 0.125. The molecule has 0 radical (unpaired) electrons. The van der Waals surface area contributed by atoms with Crippen molar-refractivity contribution >= 4 is 28.9 Å². The Morgan fingerprint density at radius 2 is 1.79 bits per heavy atom. The predicted octanol–water partition coefficient (Wildman–Crippen LogP) is 2.24. The smallest absolute Gasteiger partial charge is 0.325 e. The van der Waals surface area contributed by atoms with Crippen LogP contribution in [0.2, 0.25) is 0 Å². The molecule has 0 spiro atoms. The van der Waals surface area contributed by atoms with Crippen LogP contribution in [-0.4, -0.2) is 30.5 Å². The third kappa shape index (κ3) is 4.29. The molecule has 0 aliphatic rings. The van der Waals surface area contributed by atoms with Crippen LogP contribution in [0.3, 0.4) is 0 Å². The molecule has 0 bridgehead atoms. The third-order valence-corrected chi connectivity index (χ3v) is 3.15. The maximum Gasteiger partial charge on any atom is 0.325 e. The van der Waals surface area contributed by atoms with E-state index < -0.39 is 16.8 Å². The van der Waals surface area contributed by atoms with Crippen molar-refractivity contribution in [1.29, 1.82) is 0 Å². The lowest BCUT2D eigenvalue weighted by Gasteiger charge is -2.08. The van der Waals surface area contributed by atoms with Gasteiger partial charge in [0.25, 0.3) is 11.6 Å². The third-order valence-electron chi connectivity index (χ3n) is 3.15. The van der Waals surface area contributed by atoms with Crippen molar-refractivity contribution in [2.45, 2.75) is 0 Å². The summed E-state index contributed by atoms with van der Waals surface area (Å²) in [6.45, 7) is -0.217. The van der Waals surface area contributed by atoms with E-state index in [1.54, 1.807) is 42.5 Å². The zero-order chi connectivity index (χ0) is 17.5. The van der Waals surface area contributed by atoms with Crippen LogP contribution in [0, 0.1) is 10.1 Å². The van der Waals surface area contributed by atoms with Crippen molar-refractivity contribution in [3.8, 4) is 0 Å². The molecular weight excluding hydrogens is 314 g/mol. The van der Waals surface area contributed by atoms with Gasteiger partial charge in [-0.1, -0.05) is 12.1 Å². The number of carbonyl (C=O) groups is 2. The van der Waals surface area contributed by atoms with Gasteiger partial charge in [0.2, 0.25) is 0 Å². The van der Waals surface area contributed by atoms with Crippen LogP contribution in [0.15, 0.2) is 48.5 Å². The highest BCUT2D eigenvalue weighted by atomic mass is 16.6. The highest BCUT2D eigenvalue weighted by molar-refractivity contribution is 5.96. The zero-order valence-corrected chi connectivity index (χ0v) is 12.8. The van der Waals surface area contributed by atoms with Crippen molar-refractivity contribution in [2.75, 3.05) is 19.0 Å². The molecule has 8 heteroatoms. The van der Waals surface area contributed by atoms with Gasteiger partial charge in [0, 0.05) is 17.3 Å². The molecule has 2 aromatic carbocycles. The van der Waals surface area contributed by atoms with E-state index in [2.05, 4.69) is 15.4 Å². The number of esters is 1. The number of benzene rings is 2. The molecule has 0 saturated heterocycles. The summed E-state index contributed by atoms with van der Waals surface area (Å²) in [5.41, 5.74) is 1.25. The van der Waals surface area contributed by atoms with Gasteiger partial charge < -0.3 is 15.4 Å². The Kier molecular flexibility index (Phi) is 5.45. The molecule has 8 nitrogen and oxygen atoms in total. The molecule has 0 heterocycles. The van der Waals surface area contributed by atoms with E-state index in [1.165, 1.54) is 13.2 Å². The minimum absolute atomic E-state index is 0.0441. The Bertz CT molecular complexity index is 759. The first-order valence-electron chi connectivity index (χ1n) is 6.97. The van der Waals surface area contributed by atoms with Crippen LogP contribution in [0.5, 0.6) is 0 Å². The fourth-order valence-corrected chi connectivity index (χ4v) is 1.93. The Morgan fingerprint density at radius 1 is 1.12 bits per heavy atom. The normalized spacial score (nSPS) is 9.88. The number of nitrogens with one attached hydrogen (secondary N) is 2. The van der Waals surface area contributed by atoms with Gasteiger partial charge in [-0.3, -0.25) is 19.7 Å². The summed E-state index contributed by atoms with van der Waals surface area (Å²) < 4.78 is 4.43. The van der Waals surface area contributed by atoms with Gasteiger partial charge >= 0.3 is 5.97 Å². The summed E-state index contributed by atoms with van der Waals surface area (Å²) in [7, 11) is 1.23. The second kappa shape index (κ2) is 7.73. The van der Waals surface area contributed by atoms with Crippen molar-refractivity contribution in [2.24, 2.45) is 0 Å². The number of amides is 1. The topological polar surface area (TPSA) is 111 Å². The first-order valence-corrected chi connectivity index (χ1v) is 6.97. The molecule has 2 rings (SSSR count). The number of hydrogen-bond donors (Lipinski definition) is 2. The van der Waals surface area contributed by atoms with E-state index in [1.807, 2.05) is 0 Å². The van der Waals surface area contributed by atoms with Gasteiger partial charge in [0.1, 0.15) is 12.2 Å². The summed E-state index contributed by atoms with van der Waals surface area (Å²) in [6.07, 6.45) is 0. The van der Waals surface area contributed by atoms with E-state index >= 15 is 0 Å². The molecule has 0 saturated carbocycles. The molecule has 1 amide bonds. The number of methoxy groups -OCH3 is 1. The van der Waals surface area contributed by atoms with E-state index in [-0.39, 0.29) is 12.2 Å². The second-order valence-corrected chi connectivity index (χ2v) is 4.74. The lowest BCUT2D eigenvalue weighted by Crippen LogP contribution is -2.30. The van der Waals surface area contributed by atoms with Crippen LogP contribution < -0.4 is 10.6 Å². The molecule has 0 fully saturated rings. The molecule has 2 N–H and O–H groups in total. The minimum atomic E-state index is -0.543. The minimum Gasteiger partial charge on any atom is -0.468 e. The number of nitro benzene ring substituents is 1. The Morgan fingerprint density at radius 3 is 2.42 bits per heavy atom. The molecule has 0 aliphatic carbocycles. The first kappa shape index (κ1) is 16.9. The van der Waals surface area contributed by atoms with Gasteiger partial charge in [-0.05, 0) is 30.3 Å². The largest absolute Gasteiger partial charge is 0.468 e. The number of anilines is 2. The molecule has 2 aromatic rings. The summed E-state index contributed by atoms with van der Waals surface area (Å²) in [5.74, 6) is -0.962. The van der Waals surface area contributed by atoms with Crippen LogP contribution in [0.25, 0.3) is 0 Å². The number of para-hydroxylation sites is 2. The maximum atomic E-state index is 11.8. The molecule has 0 atom stereocenters. The number of nitrogens with zero attached hydrogens (tertiary/aromatic N) is 1. The van der Waals surface area contributed by atoms with E-state index in [4.69, 9.17) is 0 Å². The van der Waals surface area contributed by atoms with Crippen LogP contribution in [-0.2, 0) is 9.53 Å². The van der Waals surface area contributed by atoms with Gasteiger partial charge in [-0.25, -0.2) is 0 Å². The monoisotopic (exact) mass is 329 g/mol. The van der Waals surface area contributed by atoms with E-state index in [0.29, 0.717) is 16.9 Å². The second-order valence-electron chi connectivity index (χ2n) is 4.74. The summed E-state index contributed by atoms with van der Waals surface area (Å²) in [4.78, 5) is 33.3. The number of hydrogen-bond acceptors (Lipinski definition) is 6. The van der Waals surface area contributed by atoms with Gasteiger partial charge in [-0.15, -0.1) is 0 Å².